The molecular weight excluding hydrogens is 216 g/mol. The fourth-order valence-corrected chi connectivity index (χ4v) is 2.19. The number of ketones is 1. The first-order chi connectivity index (χ1) is 8.15. The van der Waals surface area contributed by atoms with Crippen molar-refractivity contribution in [2.75, 3.05) is 18.5 Å². The van der Waals surface area contributed by atoms with Gasteiger partial charge >= 0.3 is 0 Å². The van der Waals surface area contributed by atoms with Crippen LogP contribution < -0.4 is 10.2 Å². The summed E-state index contributed by atoms with van der Waals surface area (Å²) >= 11 is 0. The molecular formula is C13H16N2O2. The standard InChI is InChI=1S/C13H16N2O2/c1-9(13(17)14-2)15-8-7-12(16)10-5-3-4-6-11(10)15/h3-6,9H,7-8H2,1-2H3,(H,14,17). The van der Waals surface area contributed by atoms with Gasteiger partial charge in [0.25, 0.3) is 0 Å². The predicted molar refractivity (Wildman–Crippen MR) is 66.3 cm³/mol. The van der Waals surface area contributed by atoms with Crippen LogP contribution in [0, 0.1) is 0 Å². The predicted octanol–water partition coefficient (Wildman–Crippen LogP) is 1.21. The Hall–Kier alpha value is -1.84. The fourth-order valence-electron chi connectivity index (χ4n) is 2.19. The third kappa shape index (κ3) is 2.02. The Kier molecular flexibility index (Phi) is 3.13. The summed E-state index contributed by atoms with van der Waals surface area (Å²) in [7, 11) is 1.62. The number of para-hydroxylation sites is 1. The van der Waals surface area contributed by atoms with Crippen LogP contribution in [0.25, 0.3) is 0 Å². The summed E-state index contributed by atoms with van der Waals surface area (Å²) in [5.74, 6) is 0.120. The molecule has 1 heterocycles. The normalized spacial score (nSPS) is 16.4. The third-order valence-electron chi connectivity index (χ3n) is 3.19. The largest absolute Gasteiger partial charge is 0.359 e. The van der Waals surface area contributed by atoms with Crippen LogP contribution in [0.4, 0.5) is 5.69 Å². The highest BCUT2D eigenvalue weighted by molar-refractivity contribution is 6.04. The van der Waals surface area contributed by atoms with Gasteiger partial charge in [0.15, 0.2) is 5.78 Å². The minimum Gasteiger partial charge on any atom is -0.359 e. The lowest BCUT2D eigenvalue weighted by atomic mass is 9.99. The van der Waals surface area contributed by atoms with Crippen molar-refractivity contribution in [3.8, 4) is 0 Å². The number of carbonyl (C=O) groups is 2. The summed E-state index contributed by atoms with van der Waals surface area (Å²) in [5.41, 5.74) is 1.58. The van der Waals surface area contributed by atoms with Gasteiger partial charge in [-0.1, -0.05) is 12.1 Å². The molecule has 0 radical (unpaired) electrons. The molecule has 1 unspecified atom stereocenters. The zero-order valence-electron chi connectivity index (χ0n) is 10.1. The highest BCUT2D eigenvalue weighted by Crippen LogP contribution is 2.28. The van der Waals surface area contributed by atoms with Gasteiger partial charge in [0.2, 0.25) is 5.91 Å². The Bertz CT molecular complexity index is 456. The van der Waals surface area contributed by atoms with Crippen LogP contribution >= 0.6 is 0 Å². The summed E-state index contributed by atoms with van der Waals surface area (Å²) in [6.07, 6.45) is 0.471. The maximum Gasteiger partial charge on any atom is 0.242 e. The zero-order valence-corrected chi connectivity index (χ0v) is 10.1. The molecule has 1 aliphatic heterocycles. The number of amides is 1. The molecule has 1 amide bonds. The fraction of sp³-hybridized carbons (Fsp3) is 0.385. The van der Waals surface area contributed by atoms with Gasteiger partial charge in [-0.15, -0.1) is 0 Å². The number of carbonyl (C=O) groups excluding carboxylic acids is 2. The molecule has 1 aliphatic rings. The number of fused-ring (bicyclic) bond motifs is 1. The van der Waals surface area contributed by atoms with Crippen LogP contribution in [0.5, 0.6) is 0 Å². The number of hydrogen-bond acceptors (Lipinski definition) is 3. The van der Waals surface area contributed by atoms with E-state index in [1.807, 2.05) is 36.1 Å². The van der Waals surface area contributed by atoms with E-state index >= 15 is 0 Å². The molecule has 0 spiro atoms. The molecule has 0 aliphatic carbocycles. The van der Waals surface area contributed by atoms with E-state index in [4.69, 9.17) is 0 Å². The second kappa shape index (κ2) is 4.57. The summed E-state index contributed by atoms with van der Waals surface area (Å²) in [4.78, 5) is 25.4. The average Bonchev–Trinajstić information content (AvgIpc) is 2.38. The van der Waals surface area contributed by atoms with Crippen molar-refractivity contribution in [1.29, 1.82) is 0 Å². The summed E-state index contributed by atoms with van der Waals surface area (Å²) in [6, 6.07) is 7.20. The molecule has 1 aromatic carbocycles. The molecule has 90 valence electrons. The maximum absolute atomic E-state index is 11.8. The van der Waals surface area contributed by atoms with Crippen molar-refractivity contribution < 1.29 is 9.59 Å². The topological polar surface area (TPSA) is 49.4 Å². The van der Waals surface area contributed by atoms with Crippen LogP contribution in [0.2, 0.25) is 0 Å². The number of nitrogens with one attached hydrogen (secondary N) is 1. The van der Waals surface area contributed by atoms with Crippen molar-refractivity contribution in [1.82, 2.24) is 5.32 Å². The number of Topliss-reactive ketones (excluding diaryl/α,β-unsaturated/α-hetero) is 1. The smallest absolute Gasteiger partial charge is 0.242 e. The molecule has 1 aromatic rings. The van der Waals surface area contributed by atoms with Crippen LogP contribution in [-0.4, -0.2) is 31.3 Å². The van der Waals surface area contributed by atoms with Crippen molar-refractivity contribution in [2.24, 2.45) is 0 Å². The van der Waals surface area contributed by atoms with Gasteiger partial charge in [0.1, 0.15) is 6.04 Å². The number of nitrogens with zero attached hydrogens (tertiary/aromatic N) is 1. The van der Waals surface area contributed by atoms with Crippen molar-refractivity contribution in [2.45, 2.75) is 19.4 Å². The Morgan fingerprint density at radius 3 is 2.82 bits per heavy atom. The average molecular weight is 232 g/mol. The second-order valence-corrected chi connectivity index (χ2v) is 4.17. The molecule has 1 N–H and O–H groups in total. The molecule has 4 heteroatoms. The molecule has 1 atom stereocenters. The first-order valence-electron chi connectivity index (χ1n) is 5.75. The molecule has 0 saturated carbocycles. The molecule has 17 heavy (non-hydrogen) atoms. The summed E-state index contributed by atoms with van der Waals surface area (Å²) in [6.45, 7) is 2.45. The van der Waals surface area contributed by atoms with E-state index in [9.17, 15) is 9.59 Å². The Labute approximate surface area is 101 Å². The highest BCUT2D eigenvalue weighted by atomic mass is 16.2. The van der Waals surface area contributed by atoms with Gasteiger partial charge in [0, 0.05) is 31.3 Å². The lowest BCUT2D eigenvalue weighted by molar-refractivity contribution is -0.121. The monoisotopic (exact) mass is 232 g/mol. The number of anilines is 1. The maximum atomic E-state index is 11.8. The van der Waals surface area contributed by atoms with E-state index in [-0.39, 0.29) is 17.7 Å². The van der Waals surface area contributed by atoms with Gasteiger partial charge in [0.05, 0.1) is 0 Å². The van der Waals surface area contributed by atoms with E-state index in [0.29, 0.717) is 13.0 Å². The van der Waals surface area contributed by atoms with E-state index in [2.05, 4.69) is 5.32 Å². The van der Waals surface area contributed by atoms with Crippen molar-refractivity contribution in [3.63, 3.8) is 0 Å². The molecule has 4 nitrogen and oxygen atoms in total. The van der Waals surface area contributed by atoms with E-state index in [0.717, 1.165) is 11.3 Å². The summed E-state index contributed by atoms with van der Waals surface area (Å²) in [5, 5.41) is 2.64. The quantitative estimate of drug-likeness (QED) is 0.834. The van der Waals surface area contributed by atoms with Gasteiger partial charge in [-0.25, -0.2) is 0 Å². The van der Waals surface area contributed by atoms with Gasteiger partial charge < -0.3 is 10.2 Å². The lowest BCUT2D eigenvalue weighted by Gasteiger charge is -2.34. The van der Waals surface area contributed by atoms with E-state index in [1.54, 1.807) is 7.05 Å². The van der Waals surface area contributed by atoms with Crippen LogP contribution in [0.3, 0.4) is 0 Å². The number of benzene rings is 1. The van der Waals surface area contributed by atoms with Gasteiger partial charge in [-0.3, -0.25) is 9.59 Å². The van der Waals surface area contributed by atoms with Crippen LogP contribution in [0.15, 0.2) is 24.3 Å². The number of likely N-dealkylation sites (N-methyl/N-ethyl adjacent to an activating group) is 1. The SMILES string of the molecule is CNC(=O)C(C)N1CCC(=O)c2ccccc21. The number of hydrogen-bond donors (Lipinski definition) is 1. The van der Waals surface area contributed by atoms with Crippen molar-refractivity contribution in [3.05, 3.63) is 29.8 Å². The summed E-state index contributed by atoms with van der Waals surface area (Å²) < 4.78 is 0. The molecule has 0 bridgehead atoms. The zero-order chi connectivity index (χ0) is 12.4. The van der Waals surface area contributed by atoms with E-state index < -0.39 is 0 Å². The third-order valence-corrected chi connectivity index (χ3v) is 3.19. The Morgan fingerprint density at radius 1 is 1.41 bits per heavy atom. The van der Waals surface area contributed by atoms with Gasteiger partial charge in [-0.2, -0.15) is 0 Å². The van der Waals surface area contributed by atoms with Gasteiger partial charge in [-0.05, 0) is 19.1 Å². The minimum atomic E-state index is -0.255. The van der Waals surface area contributed by atoms with E-state index in [1.165, 1.54) is 0 Å². The molecule has 0 fully saturated rings. The molecule has 2 rings (SSSR count). The second-order valence-electron chi connectivity index (χ2n) is 4.17. The molecule has 0 saturated heterocycles. The first kappa shape index (κ1) is 11.6. The minimum absolute atomic E-state index is 0.0332. The Morgan fingerprint density at radius 2 is 2.12 bits per heavy atom. The first-order valence-corrected chi connectivity index (χ1v) is 5.75. The van der Waals surface area contributed by atoms with Crippen molar-refractivity contribution >= 4 is 17.4 Å². The molecule has 0 aromatic heterocycles. The van der Waals surface area contributed by atoms with Crippen LogP contribution in [-0.2, 0) is 4.79 Å². The van der Waals surface area contributed by atoms with Crippen LogP contribution in [0.1, 0.15) is 23.7 Å². The highest BCUT2D eigenvalue weighted by Gasteiger charge is 2.28. The number of rotatable bonds is 2. The Balaban J connectivity index is 2.36. The lowest BCUT2D eigenvalue weighted by Crippen LogP contribution is -2.47.